The summed E-state index contributed by atoms with van der Waals surface area (Å²) in [5.41, 5.74) is 9.02. The molecule has 0 bridgehead atoms. The average Bonchev–Trinajstić information content (AvgIpc) is 3.11. The quantitative estimate of drug-likeness (QED) is 0.289. The lowest BCUT2D eigenvalue weighted by molar-refractivity contribution is -0.131. The molecule has 1 N–H and O–H groups in total. The fraction of sp³-hybridized carbons (Fsp3) is 0.400. The molecule has 0 spiro atoms. The number of alkyl halides is 2. The number of rotatable bonds is 8. The highest BCUT2D eigenvalue weighted by molar-refractivity contribution is 6.07. The first-order valence-electron chi connectivity index (χ1n) is 9.72. The number of nitrogens with zero attached hydrogens (tertiary/aromatic N) is 6. The van der Waals surface area contributed by atoms with Gasteiger partial charge >= 0.3 is 0 Å². The van der Waals surface area contributed by atoms with Gasteiger partial charge in [-0.15, -0.1) is 0 Å². The van der Waals surface area contributed by atoms with Gasteiger partial charge in [0.25, 0.3) is 11.8 Å². The summed E-state index contributed by atoms with van der Waals surface area (Å²) in [5.74, 6) is -4.00. The number of azide groups is 1. The maximum Gasteiger partial charge on any atom is 0.268 e. The molecular weight excluding hydrogens is 424 g/mol. The molecule has 1 atom stereocenters. The van der Waals surface area contributed by atoms with Crippen LogP contribution in [0.3, 0.4) is 0 Å². The van der Waals surface area contributed by atoms with E-state index in [2.05, 4.69) is 20.3 Å². The molecule has 1 saturated heterocycles. The number of fused-ring (bicyclic) bond motifs is 1. The van der Waals surface area contributed by atoms with E-state index in [0.29, 0.717) is 36.2 Å². The van der Waals surface area contributed by atoms with Gasteiger partial charge in [0.05, 0.1) is 36.8 Å². The lowest BCUT2D eigenvalue weighted by Gasteiger charge is -2.19. The Balaban J connectivity index is 1.68. The maximum absolute atomic E-state index is 13.5. The normalized spacial score (nSPS) is 16.8. The number of aromatic nitrogens is 1. The molecule has 0 radical (unpaired) electrons. The fourth-order valence-electron chi connectivity index (χ4n) is 3.33. The van der Waals surface area contributed by atoms with Crippen LogP contribution in [0.2, 0.25) is 0 Å². The van der Waals surface area contributed by atoms with Crippen LogP contribution in [0.4, 0.5) is 8.78 Å². The van der Waals surface area contributed by atoms with Crippen LogP contribution in [-0.4, -0.2) is 59.9 Å². The van der Waals surface area contributed by atoms with Gasteiger partial charge in [-0.3, -0.25) is 14.6 Å². The van der Waals surface area contributed by atoms with E-state index in [4.69, 9.17) is 15.5 Å². The standard InChI is InChI=1S/C20H19F2N7O3/c21-20(22)9-13(10-23)29(12-20)18(30)11-26-19(31)15-4-6-25-17-3-2-14(8-16(15)17)32-7-1-5-27-28-24/h2-4,6,8,13H,1,5,7,9,11-12H2,(H,26,31)/t13-/m0/s1. The van der Waals surface area contributed by atoms with Crippen LogP contribution < -0.4 is 10.1 Å². The second-order valence-electron chi connectivity index (χ2n) is 7.10. The number of benzene rings is 1. The molecule has 1 aliphatic heterocycles. The highest BCUT2D eigenvalue weighted by Gasteiger charge is 2.47. The molecule has 1 fully saturated rings. The predicted octanol–water partition coefficient (Wildman–Crippen LogP) is 2.80. The molecule has 0 saturated carbocycles. The number of pyridine rings is 1. The van der Waals surface area contributed by atoms with E-state index in [9.17, 15) is 18.4 Å². The molecule has 1 aromatic carbocycles. The zero-order valence-corrected chi connectivity index (χ0v) is 16.9. The summed E-state index contributed by atoms with van der Waals surface area (Å²) in [7, 11) is 0. The zero-order chi connectivity index (χ0) is 23.1. The van der Waals surface area contributed by atoms with E-state index >= 15 is 0 Å². The number of halogens is 2. The molecule has 2 aromatic rings. The van der Waals surface area contributed by atoms with Crippen LogP contribution in [0.25, 0.3) is 21.3 Å². The second kappa shape index (κ2) is 9.89. The zero-order valence-electron chi connectivity index (χ0n) is 16.9. The van der Waals surface area contributed by atoms with Crippen molar-refractivity contribution in [2.45, 2.75) is 24.8 Å². The van der Waals surface area contributed by atoms with E-state index in [0.717, 1.165) is 4.90 Å². The first-order valence-corrected chi connectivity index (χ1v) is 9.72. The van der Waals surface area contributed by atoms with Crippen molar-refractivity contribution in [3.8, 4) is 11.8 Å². The Labute approximate surface area is 181 Å². The van der Waals surface area contributed by atoms with Crippen molar-refractivity contribution in [2.75, 3.05) is 26.2 Å². The molecule has 1 aliphatic rings. The summed E-state index contributed by atoms with van der Waals surface area (Å²) in [6.45, 7) is -0.769. The highest BCUT2D eigenvalue weighted by atomic mass is 19.3. The van der Waals surface area contributed by atoms with Gasteiger partial charge in [-0.2, -0.15) is 5.26 Å². The molecule has 2 heterocycles. The minimum absolute atomic E-state index is 0.228. The van der Waals surface area contributed by atoms with Gasteiger partial charge < -0.3 is 15.0 Å². The van der Waals surface area contributed by atoms with Crippen molar-refractivity contribution in [1.29, 1.82) is 5.26 Å². The number of ether oxygens (including phenoxy) is 1. The van der Waals surface area contributed by atoms with Crippen molar-refractivity contribution in [3.05, 3.63) is 46.5 Å². The Morgan fingerprint density at radius 3 is 3.00 bits per heavy atom. The Bertz CT molecular complexity index is 1110. The minimum atomic E-state index is -3.13. The third-order valence-electron chi connectivity index (χ3n) is 4.83. The van der Waals surface area contributed by atoms with Crippen LogP contribution in [0.1, 0.15) is 23.2 Å². The molecule has 0 unspecified atom stereocenters. The number of amides is 2. The smallest absolute Gasteiger partial charge is 0.268 e. The number of nitriles is 1. The summed E-state index contributed by atoms with van der Waals surface area (Å²) < 4.78 is 32.7. The van der Waals surface area contributed by atoms with E-state index < -0.39 is 43.3 Å². The molecule has 32 heavy (non-hydrogen) atoms. The number of hydrogen-bond acceptors (Lipinski definition) is 6. The highest BCUT2D eigenvalue weighted by Crippen LogP contribution is 2.31. The lowest BCUT2D eigenvalue weighted by Crippen LogP contribution is -2.43. The fourth-order valence-corrected chi connectivity index (χ4v) is 3.33. The number of carbonyl (C=O) groups is 2. The van der Waals surface area contributed by atoms with Crippen LogP contribution >= 0.6 is 0 Å². The molecule has 3 rings (SSSR count). The Morgan fingerprint density at radius 1 is 1.44 bits per heavy atom. The van der Waals surface area contributed by atoms with Gasteiger partial charge in [-0.05, 0) is 36.2 Å². The first-order chi connectivity index (χ1) is 15.3. The number of hydrogen-bond donors (Lipinski definition) is 1. The monoisotopic (exact) mass is 443 g/mol. The predicted molar refractivity (Wildman–Crippen MR) is 109 cm³/mol. The van der Waals surface area contributed by atoms with Crippen LogP contribution in [-0.2, 0) is 4.79 Å². The van der Waals surface area contributed by atoms with Gasteiger partial charge in [0.1, 0.15) is 11.8 Å². The Kier molecular flexibility index (Phi) is 7.02. The minimum Gasteiger partial charge on any atom is -0.494 e. The molecule has 2 amide bonds. The Hall–Kier alpha value is -3.97. The van der Waals surface area contributed by atoms with E-state index in [1.165, 1.54) is 12.3 Å². The average molecular weight is 443 g/mol. The Morgan fingerprint density at radius 2 is 2.25 bits per heavy atom. The van der Waals surface area contributed by atoms with Crippen LogP contribution in [0.15, 0.2) is 35.6 Å². The molecule has 1 aromatic heterocycles. The first kappa shape index (κ1) is 22.7. The maximum atomic E-state index is 13.5. The molecule has 166 valence electrons. The molecular formula is C20H19F2N7O3. The summed E-state index contributed by atoms with van der Waals surface area (Å²) in [6, 6.07) is 6.91. The van der Waals surface area contributed by atoms with Gasteiger partial charge in [0.2, 0.25) is 5.91 Å². The number of carbonyl (C=O) groups excluding carboxylic acids is 2. The topological polar surface area (TPSA) is 144 Å². The van der Waals surface area contributed by atoms with Crippen molar-refractivity contribution in [1.82, 2.24) is 15.2 Å². The van der Waals surface area contributed by atoms with Crippen molar-refractivity contribution < 1.29 is 23.1 Å². The van der Waals surface area contributed by atoms with Gasteiger partial charge in [-0.25, -0.2) is 8.78 Å². The van der Waals surface area contributed by atoms with Crippen LogP contribution in [0.5, 0.6) is 5.75 Å². The van der Waals surface area contributed by atoms with Gasteiger partial charge in [-0.1, -0.05) is 5.11 Å². The number of nitrogens with one attached hydrogen (secondary N) is 1. The second-order valence-corrected chi connectivity index (χ2v) is 7.10. The van der Waals surface area contributed by atoms with E-state index in [1.807, 2.05) is 0 Å². The largest absolute Gasteiger partial charge is 0.494 e. The SMILES string of the molecule is N#C[C@@H]1CC(F)(F)CN1C(=O)CNC(=O)c1ccnc2ccc(OCCCN=[N+]=[N-])cc12. The summed E-state index contributed by atoms with van der Waals surface area (Å²) >= 11 is 0. The third kappa shape index (κ3) is 5.39. The molecule has 10 nitrogen and oxygen atoms in total. The summed E-state index contributed by atoms with van der Waals surface area (Å²) in [6.07, 6.45) is 1.24. The summed E-state index contributed by atoms with van der Waals surface area (Å²) in [5, 5.41) is 15.3. The van der Waals surface area contributed by atoms with Crippen molar-refractivity contribution >= 4 is 22.7 Å². The lowest BCUT2D eigenvalue weighted by atomic mass is 10.1. The number of likely N-dealkylation sites (tertiary alicyclic amines) is 1. The van der Waals surface area contributed by atoms with E-state index in [1.54, 1.807) is 24.3 Å². The summed E-state index contributed by atoms with van der Waals surface area (Å²) in [4.78, 5) is 32.6. The molecule has 0 aliphatic carbocycles. The van der Waals surface area contributed by atoms with Crippen molar-refractivity contribution in [2.24, 2.45) is 5.11 Å². The van der Waals surface area contributed by atoms with Crippen molar-refractivity contribution in [3.63, 3.8) is 0 Å². The van der Waals surface area contributed by atoms with Crippen LogP contribution in [0, 0.1) is 11.3 Å². The molecule has 12 heteroatoms. The van der Waals surface area contributed by atoms with E-state index in [-0.39, 0.29) is 5.56 Å². The van der Waals surface area contributed by atoms with Gasteiger partial charge in [0, 0.05) is 29.5 Å². The third-order valence-corrected chi connectivity index (χ3v) is 4.83. The van der Waals surface area contributed by atoms with Gasteiger partial charge in [0.15, 0.2) is 0 Å².